The molecule has 0 spiro atoms. The van der Waals surface area contributed by atoms with Gasteiger partial charge in [0.15, 0.2) is 0 Å². The summed E-state index contributed by atoms with van der Waals surface area (Å²) in [5, 5.41) is 5.47. The fourth-order valence-corrected chi connectivity index (χ4v) is 3.72. The molecule has 3 heterocycles. The molecular weight excluding hydrogens is 717 g/mol. The molecule has 0 unspecified atom stereocenters. The summed E-state index contributed by atoms with van der Waals surface area (Å²) in [6, 6.07) is 13.1. The summed E-state index contributed by atoms with van der Waals surface area (Å²) in [4.78, 5) is 5.39. The van der Waals surface area contributed by atoms with E-state index in [2.05, 4.69) is 26.2 Å². The molecule has 6 nitrogen and oxygen atoms in total. The molecule has 0 fully saturated rings. The minimum atomic E-state index is -6.31. The van der Waals surface area contributed by atoms with Gasteiger partial charge in [0, 0.05) is 44.1 Å². The van der Waals surface area contributed by atoms with Crippen LogP contribution in [0.4, 0.5) is 35.1 Å². The molecule has 3 aromatic heterocycles. The van der Waals surface area contributed by atoms with Crippen LogP contribution in [0.1, 0.15) is 5.69 Å². The van der Waals surface area contributed by atoms with Crippen molar-refractivity contribution in [1.29, 1.82) is 0 Å². The second kappa shape index (κ2) is 11.4. The number of rotatable bonds is 3. The molecular formula is C21H10F8IrN4O2S-2. The third-order valence-corrected chi connectivity index (χ3v) is 5.74. The summed E-state index contributed by atoms with van der Waals surface area (Å²) in [7, 11) is -6.31. The number of pyridine rings is 2. The van der Waals surface area contributed by atoms with Crippen molar-refractivity contribution in [3.8, 4) is 22.6 Å². The van der Waals surface area contributed by atoms with Gasteiger partial charge in [-0.3, -0.25) is 13.8 Å². The normalized spacial score (nSPS) is 11.8. The summed E-state index contributed by atoms with van der Waals surface area (Å²) in [5.74, 6) is -1.29. The Labute approximate surface area is 217 Å². The van der Waals surface area contributed by atoms with E-state index >= 15 is 0 Å². The molecule has 0 N–H and O–H groups in total. The monoisotopic (exact) mass is 727 g/mol. The van der Waals surface area contributed by atoms with Crippen LogP contribution in [0, 0.1) is 17.7 Å². The third-order valence-electron chi connectivity index (χ3n) is 4.21. The van der Waals surface area contributed by atoms with E-state index in [-0.39, 0.29) is 25.7 Å². The minimum absolute atomic E-state index is 0. The summed E-state index contributed by atoms with van der Waals surface area (Å²) >= 11 is 0. The van der Waals surface area contributed by atoms with E-state index in [1.807, 2.05) is 0 Å². The molecule has 1 aromatic carbocycles. The Morgan fingerprint density at radius 1 is 0.865 bits per heavy atom. The molecule has 4 aromatic rings. The maximum Gasteiger partial charge on any atom is 0.501 e. The first-order chi connectivity index (χ1) is 16.7. The zero-order chi connectivity index (χ0) is 26.7. The standard InChI is InChI=1S/C11H6F2N.C10H4F6N3O2S.Ir/c12-8-4-5-9(10(13)7-8)11-3-1-2-6-14-11;11-9(12,13)8-7(22(20,21)10(14,15)16)6(18-19-8)5-3-1-2-4-17-5;/h1-4,6-7H;1-4H;/q2*-1;. The van der Waals surface area contributed by atoms with Crippen LogP contribution in [0.15, 0.2) is 65.8 Å². The van der Waals surface area contributed by atoms with Crippen molar-refractivity contribution in [1.82, 2.24) is 20.2 Å². The van der Waals surface area contributed by atoms with Gasteiger partial charge in [0.25, 0.3) is 9.84 Å². The van der Waals surface area contributed by atoms with Gasteiger partial charge in [0.1, 0.15) is 5.69 Å². The molecule has 0 atom stereocenters. The van der Waals surface area contributed by atoms with Crippen LogP contribution < -0.4 is 5.10 Å². The largest absolute Gasteiger partial charge is 0.572 e. The fourth-order valence-electron chi connectivity index (χ4n) is 2.68. The summed E-state index contributed by atoms with van der Waals surface area (Å²) < 4.78 is 125. The van der Waals surface area contributed by atoms with Gasteiger partial charge in [-0.25, -0.2) is 8.42 Å². The molecule has 0 bridgehead atoms. The first kappa shape index (κ1) is 30.0. The van der Waals surface area contributed by atoms with Gasteiger partial charge in [-0.1, -0.05) is 35.5 Å². The first-order valence-electron chi connectivity index (χ1n) is 9.35. The quantitative estimate of drug-likeness (QED) is 0.212. The average molecular weight is 727 g/mol. The SMILES string of the molecule is Fc1c[c-]c(-c2ccccn2)c(F)c1.O=S(=O)(c1c(C(F)(F)F)n[n-]c1-c1ccccn1)C(F)(F)F.[Ir]. The molecule has 0 saturated heterocycles. The number of hydrogen-bond acceptors (Lipinski definition) is 5. The number of alkyl halides is 6. The van der Waals surface area contributed by atoms with E-state index in [0.29, 0.717) is 5.69 Å². The van der Waals surface area contributed by atoms with Gasteiger partial charge in [0.05, 0.1) is 10.6 Å². The molecule has 1 radical (unpaired) electrons. The minimum Gasteiger partial charge on any atom is -0.572 e. The predicted octanol–water partition coefficient (Wildman–Crippen LogP) is 5.24. The molecule has 0 saturated carbocycles. The number of sulfone groups is 1. The van der Waals surface area contributed by atoms with Gasteiger partial charge >= 0.3 is 11.7 Å². The molecule has 0 amide bonds. The number of benzene rings is 1. The van der Waals surface area contributed by atoms with Crippen molar-refractivity contribution in [2.75, 3.05) is 0 Å². The summed E-state index contributed by atoms with van der Waals surface area (Å²) in [6.45, 7) is 0. The number of nitrogens with zero attached hydrogens (tertiary/aromatic N) is 4. The van der Waals surface area contributed by atoms with E-state index < -0.39 is 55.1 Å². The van der Waals surface area contributed by atoms with Crippen molar-refractivity contribution < 1.29 is 63.6 Å². The second-order valence-corrected chi connectivity index (χ2v) is 8.52. The molecule has 0 aliphatic rings. The van der Waals surface area contributed by atoms with Gasteiger partial charge in [0.2, 0.25) is 0 Å². The van der Waals surface area contributed by atoms with Crippen LogP contribution in [0.2, 0.25) is 0 Å². The molecule has 37 heavy (non-hydrogen) atoms. The van der Waals surface area contributed by atoms with Crippen LogP contribution >= 0.6 is 0 Å². The van der Waals surface area contributed by atoms with Gasteiger partial charge in [-0.15, -0.1) is 12.1 Å². The van der Waals surface area contributed by atoms with Crippen molar-refractivity contribution in [2.45, 2.75) is 16.6 Å². The van der Waals surface area contributed by atoms with Crippen molar-refractivity contribution >= 4 is 9.84 Å². The van der Waals surface area contributed by atoms with Gasteiger partial charge < -0.3 is 15.2 Å². The predicted molar refractivity (Wildman–Crippen MR) is 107 cm³/mol. The van der Waals surface area contributed by atoms with Crippen molar-refractivity contribution in [3.05, 3.63) is 84.3 Å². The Morgan fingerprint density at radius 3 is 1.89 bits per heavy atom. The third kappa shape index (κ3) is 6.76. The van der Waals surface area contributed by atoms with Crippen LogP contribution in [0.3, 0.4) is 0 Å². The summed E-state index contributed by atoms with van der Waals surface area (Å²) in [6.07, 6.45) is -2.82. The smallest absolute Gasteiger partial charge is 0.501 e. The first-order valence-corrected chi connectivity index (χ1v) is 10.8. The van der Waals surface area contributed by atoms with Crippen molar-refractivity contribution in [3.63, 3.8) is 0 Å². The molecule has 0 aliphatic carbocycles. The van der Waals surface area contributed by atoms with E-state index in [0.717, 1.165) is 24.4 Å². The van der Waals surface area contributed by atoms with E-state index in [4.69, 9.17) is 0 Å². The van der Waals surface area contributed by atoms with Crippen LogP contribution in [0.5, 0.6) is 0 Å². The molecule has 16 heteroatoms. The maximum atomic E-state index is 13.2. The summed E-state index contributed by atoms with van der Waals surface area (Å²) in [5.41, 5.74) is -9.12. The number of hydrogen-bond donors (Lipinski definition) is 0. The van der Waals surface area contributed by atoms with Gasteiger partial charge in [-0.05, 0) is 23.9 Å². The van der Waals surface area contributed by atoms with E-state index in [1.54, 1.807) is 24.4 Å². The Balaban J connectivity index is 0.000000277. The Kier molecular flexibility index (Phi) is 9.27. The molecule has 4 rings (SSSR count). The second-order valence-electron chi connectivity index (χ2n) is 6.64. The Morgan fingerprint density at radius 2 is 1.43 bits per heavy atom. The van der Waals surface area contributed by atoms with Crippen LogP contribution in [-0.4, -0.2) is 29.0 Å². The maximum absolute atomic E-state index is 13.2. The average Bonchev–Trinajstić information content (AvgIpc) is 3.27. The van der Waals surface area contributed by atoms with Crippen LogP contribution in [-0.2, 0) is 36.1 Å². The van der Waals surface area contributed by atoms with Crippen molar-refractivity contribution in [2.24, 2.45) is 0 Å². The molecule has 0 aliphatic heterocycles. The zero-order valence-corrected chi connectivity index (χ0v) is 20.9. The Hall–Kier alpha value is -3.23. The van der Waals surface area contributed by atoms with E-state index in [1.165, 1.54) is 12.1 Å². The Bertz CT molecular complexity index is 1450. The zero-order valence-electron chi connectivity index (χ0n) is 17.6. The number of aromatic nitrogens is 4. The number of halogens is 8. The topological polar surface area (TPSA) is 86.9 Å². The van der Waals surface area contributed by atoms with Crippen LogP contribution in [0.25, 0.3) is 22.6 Å². The fraction of sp³-hybridized carbons (Fsp3) is 0.0952. The molecule has 199 valence electrons. The van der Waals surface area contributed by atoms with Gasteiger partial charge in [-0.2, -0.15) is 26.3 Å². The van der Waals surface area contributed by atoms with E-state index in [9.17, 15) is 43.5 Å².